The van der Waals surface area contributed by atoms with Crippen molar-refractivity contribution in [1.29, 1.82) is 0 Å². The van der Waals surface area contributed by atoms with Crippen LogP contribution in [0, 0.1) is 23.0 Å². The van der Waals surface area contributed by atoms with E-state index in [9.17, 15) is 19.7 Å². The van der Waals surface area contributed by atoms with E-state index >= 15 is 0 Å². The average Bonchev–Trinajstić information content (AvgIpc) is 2.62. The summed E-state index contributed by atoms with van der Waals surface area (Å²) in [6.07, 6.45) is 0.774. The van der Waals surface area contributed by atoms with Crippen LogP contribution in [0.3, 0.4) is 0 Å². The van der Waals surface area contributed by atoms with Gasteiger partial charge in [0, 0.05) is 23.7 Å². The van der Waals surface area contributed by atoms with Crippen molar-refractivity contribution in [3.8, 4) is 5.75 Å². The molecule has 0 aliphatic rings. The normalized spacial score (nSPS) is 12.8. The Bertz CT molecular complexity index is 677. The van der Waals surface area contributed by atoms with Crippen LogP contribution in [-0.4, -0.2) is 43.6 Å². The monoisotopic (exact) mass is 368 g/mol. The van der Waals surface area contributed by atoms with Crippen molar-refractivity contribution in [1.82, 2.24) is 0 Å². The van der Waals surface area contributed by atoms with Gasteiger partial charge in [-0.25, -0.2) is 4.79 Å². The SMILES string of the molecule is CC[C@@H](C)[C@H]([NH2+]CC(=O)Nc1cc(OC)c([N+](=O)[O-])cc1C)C(=O)OC. The zero-order chi connectivity index (χ0) is 19.9. The molecule has 0 unspecified atom stereocenters. The molecule has 0 spiro atoms. The highest BCUT2D eigenvalue weighted by Crippen LogP contribution is 2.32. The number of ether oxygens (including phenoxy) is 2. The lowest BCUT2D eigenvalue weighted by Crippen LogP contribution is -2.94. The molecule has 0 aliphatic carbocycles. The third-order valence-electron chi connectivity index (χ3n) is 4.28. The number of nitro benzene ring substituents is 1. The zero-order valence-electron chi connectivity index (χ0n) is 15.7. The number of esters is 1. The summed E-state index contributed by atoms with van der Waals surface area (Å²) in [6.45, 7) is 5.55. The quantitative estimate of drug-likeness (QED) is 0.381. The Balaban J connectivity index is 2.84. The van der Waals surface area contributed by atoms with E-state index in [2.05, 4.69) is 5.32 Å². The number of nitrogens with one attached hydrogen (secondary N) is 1. The molecule has 1 aromatic carbocycles. The standard InChI is InChI=1S/C17H25N3O6/c1-6-10(2)16(17(22)26-5)18-9-15(21)19-12-8-14(25-4)13(20(23)24)7-11(12)3/h7-8,10,16,18H,6,9H2,1-5H3,(H,19,21)/p+1/t10-,16+/m1/s1. The molecule has 0 radical (unpaired) electrons. The van der Waals surface area contributed by atoms with Crippen molar-refractivity contribution in [3.05, 3.63) is 27.8 Å². The Kier molecular flexibility index (Phi) is 7.98. The van der Waals surface area contributed by atoms with E-state index < -0.39 is 11.0 Å². The Labute approximate surface area is 152 Å². The van der Waals surface area contributed by atoms with E-state index in [0.717, 1.165) is 6.42 Å². The fourth-order valence-corrected chi connectivity index (χ4v) is 2.50. The van der Waals surface area contributed by atoms with Gasteiger partial charge in [0.1, 0.15) is 0 Å². The van der Waals surface area contributed by atoms with Gasteiger partial charge in [-0.2, -0.15) is 0 Å². The Morgan fingerprint density at radius 1 is 1.35 bits per heavy atom. The molecule has 2 atom stereocenters. The Hall–Kier alpha value is -2.68. The number of rotatable bonds is 9. The molecule has 0 fully saturated rings. The smallest absolute Gasteiger partial charge is 0.364 e. The molecule has 26 heavy (non-hydrogen) atoms. The van der Waals surface area contributed by atoms with Crippen LogP contribution >= 0.6 is 0 Å². The van der Waals surface area contributed by atoms with Gasteiger partial charge in [-0.3, -0.25) is 14.9 Å². The van der Waals surface area contributed by atoms with E-state index in [1.807, 2.05) is 13.8 Å². The Morgan fingerprint density at radius 3 is 2.50 bits per heavy atom. The second kappa shape index (κ2) is 9.71. The first-order valence-corrected chi connectivity index (χ1v) is 8.29. The summed E-state index contributed by atoms with van der Waals surface area (Å²) in [5, 5.41) is 15.3. The molecule has 0 aliphatic heterocycles. The lowest BCUT2D eigenvalue weighted by atomic mass is 9.99. The fourth-order valence-electron chi connectivity index (χ4n) is 2.50. The third kappa shape index (κ3) is 5.41. The number of aryl methyl sites for hydroxylation is 1. The van der Waals surface area contributed by atoms with Gasteiger partial charge in [0.25, 0.3) is 5.91 Å². The third-order valence-corrected chi connectivity index (χ3v) is 4.28. The first kappa shape index (κ1) is 21.4. The summed E-state index contributed by atoms with van der Waals surface area (Å²) in [6, 6.07) is 2.29. The van der Waals surface area contributed by atoms with Crippen molar-refractivity contribution in [2.24, 2.45) is 5.92 Å². The van der Waals surface area contributed by atoms with Crippen LogP contribution in [0.4, 0.5) is 11.4 Å². The van der Waals surface area contributed by atoms with E-state index in [1.54, 1.807) is 12.2 Å². The average molecular weight is 368 g/mol. The van der Waals surface area contributed by atoms with Crippen molar-refractivity contribution < 1.29 is 29.3 Å². The second-order valence-electron chi connectivity index (χ2n) is 6.02. The van der Waals surface area contributed by atoms with Crippen LogP contribution < -0.4 is 15.4 Å². The highest BCUT2D eigenvalue weighted by Gasteiger charge is 2.29. The number of anilines is 1. The molecular formula is C17H26N3O6+. The number of hydrogen-bond acceptors (Lipinski definition) is 6. The van der Waals surface area contributed by atoms with Crippen LogP contribution in [0.1, 0.15) is 25.8 Å². The minimum absolute atomic E-state index is 0.0167. The van der Waals surface area contributed by atoms with Crippen molar-refractivity contribution in [2.45, 2.75) is 33.2 Å². The van der Waals surface area contributed by atoms with Crippen LogP contribution in [0.15, 0.2) is 12.1 Å². The first-order valence-electron chi connectivity index (χ1n) is 8.29. The molecule has 3 N–H and O–H groups in total. The maximum absolute atomic E-state index is 12.2. The number of nitrogens with zero attached hydrogens (tertiary/aromatic N) is 1. The van der Waals surface area contributed by atoms with Crippen molar-refractivity contribution in [3.63, 3.8) is 0 Å². The predicted octanol–water partition coefficient (Wildman–Crippen LogP) is 1.00. The number of nitro groups is 1. The number of quaternary nitrogens is 1. The molecule has 9 nitrogen and oxygen atoms in total. The summed E-state index contributed by atoms with van der Waals surface area (Å²) in [5.74, 6) is -0.593. The number of nitrogens with two attached hydrogens (primary N) is 1. The molecule has 1 rings (SSSR count). The topological polar surface area (TPSA) is 124 Å². The molecule has 0 aromatic heterocycles. The predicted molar refractivity (Wildman–Crippen MR) is 95.1 cm³/mol. The summed E-state index contributed by atoms with van der Waals surface area (Å²) in [7, 11) is 2.64. The second-order valence-corrected chi connectivity index (χ2v) is 6.02. The van der Waals surface area contributed by atoms with Gasteiger partial charge in [0.15, 0.2) is 18.3 Å². The van der Waals surface area contributed by atoms with E-state index in [1.165, 1.54) is 26.4 Å². The highest BCUT2D eigenvalue weighted by atomic mass is 16.6. The lowest BCUT2D eigenvalue weighted by Gasteiger charge is -2.18. The van der Waals surface area contributed by atoms with Crippen molar-refractivity contribution in [2.75, 3.05) is 26.1 Å². The lowest BCUT2D eigenvalue weighted by molar-refractivity contribution is -0.673. The number of methoxy groups -OCH3 is 2. The van der Waals surface area contributed by atoms with Gasteiger partial charge in [0.05, 0.1) is 19.1 Å². The van der Waals surface area contributed by atoms with Gasteiger partial charge in [-0.1, -0.05) is 13.8 Å². The molecule has 1 amide bonds. The van der Waals surface area contributed by atoms with Crippen LogP contribution in [0.25, 0.3) is 0 Å². The number of hydrogen-bond donors (Lipinski definition) is 2. The maximum Gasteiger partial charge on any atom is 0.364 e. The van der Waals surface area contributed by atoms with Crippen LogP contribution in [-0.2, 0) is 14.3 Å². The van der Waals surface area contributed by atoms with Gasteiger partial charge in [-0.15, -0.1) is 0 Å². The van der Waals surface area contributed by atoms with Crippen molar-refractivity contribution >= 4 is 23.3 Å². The van der Waals surface area contributed by atoms with Crippen LogP contribution in [0.2, 0.25) is 0 Å². The van der Waals surface area contributed by atoms with Gasteiger partial charge >= 0.3 is 11.7 Å². The number of carbonyl (C=O) groups excluding carboxylic acids is 2. The summed E-state index contributed by atoms with van der Waals surface area (Å²) in [4.78, 5) is 34.6. The largest absolute Gasteiger partial charge is 0.490 e. The minimum Gasteiger partial charge on any atom is -0.490 e. The van der Waals surface area contributed by atoms with E-state index in [0.29, 0.717) is 11.3 Å². The summed E-state index contributed by atoms with van der Waals surface area (Å²) < 4.78 is 9.80. The number of carbonyl (C=O) groups is 2. The number of amides is 1. The van der Waals surface area contributed by atoms with Gasteiger partial charge in [0.2, 0.25) is 0 Å². The maximum atomic E-state index is 12.2. The fraction of sp³-hybridized carbons (Fsp3) is 0.529. The van der Waals surface area contributed by atoms with Gasteiger partial charge < -0.3 is 20.1 Å². The van der Waals surface area contributed by atoms with E-state index in [-0.39, 0.29) is 35.8 Å². The highest BCUT2D eigenvalue weighted by molar-refractivity contribution is 5.92. The van der Waals surface area contributed by atoms with Crippen LogP contribution in [0.5, 0.6) is 5.75 Å². The molecule has 1 aromatic rings. The zero-order valence-corrected chi connectivity index (χ0v) is 15.7. The molecule has 9 heteroatoms. The minimum atomic E-state index is -0.543. The molecular weight excluding hydrogens is 342 g/mol. The van der Waals surface area contributed by atoms with Gasteiger partial charge in [-0.05, 0) is 18.9 Å². The first-order chi connectivity index (χ1) is 12.2. The molecule has 0 bridgehead atoms. The summed E-state index contributed by atoms with van der Waals surface area (Å²) in [5.41, 5.74) is 0.790. The molecule has 0 saturated carbocycles. The molecule has 0 saturated heterocycles. The molecule has 144 valence electrons. The van der Waals surface area contributed by atoms with E-state index in [4.69, 9.17) is 9.47 Å². The Morgan fingerprint density at radius 2 is 2.00 bits per heavy atom. The molecule has 0 heterocycles. The number of benzene rings is 1. The summed E-state index contributed by atoms with van der Waals surface area (Å²) >= 11 is 0.